The van der Waals surface area contributed by atoms with E-state index in [9.17, 15) is 24.3 Å². The van der Waals surface area contributed by atoms with E-state index < -0.39 is 53.1 Å². The first-order chi connectivity index (χ1) is 22.8. The number of carboxylic acids is 1. The Hall–Kier alpha value is -4.05. The number of amides is 3. The molecular formula is C32H42BrN7O8. The van der Waals surface area contributed by atoms with Gasteiger partial charge in [-0.15, -0.1) is 10.2 Å². The molecule has 1 aliphatic carbocycles. The molecule has 2 fully saturated rings. The predicted octanol–water partition coefficient (Wildman–Crippen LogP) is 2.99. The molecule has 15 nitrogen and oxygen atoms in total. The van der Waals surface area contributed by atoms with Crippen LogP contribution in [0.25, 0.3) is 11.4 Å². The molecule has 5 rings (SSSR count). The van der Waals surface area contributed by atoms with Gasteiger partial charge in [-0.3, -0.25) is 9.59 Å². The number of aliphatic carboxylic acids is 1. The largest absolute Gasteiger partial charge is 0.490 e. The molecule has 4 N–H and O–H groups in total. The van der Waals surface area contributed by atoms with Crippen LogP contribution in [0.15, 0.2) is 34.8 Å². The predicted molar refractivity (Wildman–Crippen MR) is 175 cm³/mol. The number of allylic oxidation sites excluding steroid dienone is 1. The van der Waals surface area contributed by atoms with E-state index in [1.165, 1.54) is 9.70 Å². The van der Waals surface area contributed by atoms with Crippen molar-refractivity contribution in [2.45, 2.75) is 95.0 Å². The minimum atomic E-state index is -1.45. The molecule has 16 heteroatoms. The first-order valence-electron chi connectivity index (χ1n) is 16.2. The lowest BCUT2D eigenvalue weighted by molar-refractivity contribution is -0.145. The summed E-state index contributed by atoms with van der Waals surface area (Å²) in [7, 11) is 0. The number of ether oxygens (including phenoxy) is 2. The van der Waals surface area contributed by atoms with Crippen LogP contribution in [0.5, 0.6) is 5.75 Å². The third-order valence-electron chi connectivity index (χ3n) is 8.62. The Morgan fingerprint density at radius 2 is 2.00 bits per heavy atom. The average Bonchev–Trinajstić information content (AvgIpc) is 3.32. The molecule has 1 aromatic heterocycles. The number of fused-ring (bicyclic) bond motifs is 2. The Bertz CT molecular complexity index is 1560. The average molecular weight is 733 g/mol. The number of rotatable bonds is 7. The molecule has 0 unspecified atom stereocenters. The van der Waals surface area contributed by atoms with Crippen LogP contribution in [-0.2, 0) is 19.1 Å². The fourth-order valence-electron chi connectivity index (χ4n) is 6.10. The third kappa shape index (κ3) is 8.14. The Morgan fingerprint density at radius 3 is 2.71 bits per heavy atom. The molecule has 1 saturated carbocycles. The summed E-state index contributed by atoms with van der Waals surface area (Å²) in [6.45, 7) is 5.22. The van der Waals surface area contributed by atoms with Gasteiger partial charge in [0.1, 0.15) is 35.6 Å². The van der Waals surface area contributed by atoms with Crippen LogP contribution in [0.2, 0.25) is 0 Å². The van der Waals surface area contributed by atoms with Gasteiger partial charge in [-0.05, 0) is 85.8 Å². The van der Waals surface area contributed by atoms with Gasteiger partial charge in [0.15, 0.2) is 0 Å². The maximum absolute atomic E-state index is 14.2. The number of halogens is 1. The molecule has 5 atom stereocenters. The molecule has 48 heavy (non-hydrogen) atoms. The fraction of sp³-hybridized carbons (Fsp3) is 0.594. The van der Waals surface area contributed by atoms with Gasteiger partial charge < -0.3 is 35.2 Å². The number of aromatic nitrogens is 4. The summed E-state index contributed by atoms with van der Waals surface area (Å²) in [6, 6.07) is 2.61. The number of nitrogens with zero attached hydrogens (tertiary/aromatic N) is 5. The van der Waals surface area contributed by atoms with Gasteiger partial charge >= 0.3 is 12.1 Å². The smallest absolute Gasteiger partial charge is 0.408 e. The van der Waals surface area contributed by atoms with Gasteiger partial charge in [0.25, 0.3) is 0 Å². The Morgan fingerprint density at radius 1 is 1.21 bits per heavy atom. The van der Waals surface area contributed by atoms with Crippen molar-refractivity contribution >= 4 is 39.8 Å². The maximum Gasteiger partial charge on any atom is 0.408 e. The summed E-state index contributed by atoms with van der Waals surface area (Å²) < 4.78 is 11.6. The zero-order valence-electron chi connectivity index (χ0n) is 27.2. The van der Waals surface area contributed by atoms with Crippen LogP contribution in [0.3, 0.4) is 0 Å². The molecule has 3 amide bonds. The summed E-state index contributed by atoms with van der Waals surface area (Å²) in [4.78, 5) is 56.0. The molecule has 3 heterocycles. The number of benzene rings is 1. The summed E-state index contributed by atoms with van der Waals surface area (Å²) >= 11 is 3.45. The third-order valence-corrected chi connectivity index (χ3v) is 9.24. The van der Waals surface area contributed by atoms with Crippen molar-refractivity contribution < 1.29 is 38.9 Å². The highest BCUT2D eigenvalue weighted by atomic mass is 79.9. The Kier molecular flexibility index (Phi) is 10.7. The van der Waals surface area contributed by atoms with Crippen molar-refractivity contribution in [3.8, 4) is 17.1 Å². The molecule has 1 aromatic carbocycles. The van der Waals surface area contributed by atoms with Gasteiger partial charge in [0.2, 0.25) is 17.6 Å². The minimum absolute atomic E-state index is 0.0280. The zero-order valence-corrected chi connectivity index (χ0v) is 28.8. The van der Waals surface area contributed by atoms with Crippen LogP contribution in [0.1, 0.15) is 71.8 Å². The van der Waals surface area contributed by atoms with E-state index in [-0.39, 0.29) is 38.5 Å². The molecular weight excluding hydrogens is 690 g/mol. The second-order valence-corrected chi connectivity index (χ2v) is 14.2. The Labute approximate surface area is 286 Å². The van der Waals surface area contributed by atoms with Crippen LogP contribution < -0.4 is 15.4 Å². The standard InChI is InChI=1S/C32H42BrN7O8/c1-31(2,3)48-30(46)34-23-10-8-6-4-5-7-9-20-17-32(20,29(44)45)35-27(42)24-16-21(18-39(24)28(23)43)40-37-26(36-38-40)19-11-12-25(22(33)15-19)47-14-13-41/h7,9,11-12,15,20-21,23-24,41H,4-6,8,10,13-14,16-18H2,1-3H3,(H,34,46)(H,35,42)(H,44,45)/b9-7-/t20-,21+,23-,24+,32+/m1/s1. The summed E-state index contributed by atoms with van der Waals surface area (Å²) in [5.74, 6) is -1.73. The highest BCUT2D eigenvalue weighted by Crippen LogP contribution is 2.45. The van der Waals surface area contributed by atoms with Crippen molar-refractivity contribution in [3.05, 3.63) is 34.8 Å². The van der Waals surface area contributed by atoms with Crippen LogP contribution >= 0.6 is 15.9 Å². The molecule has 260 valence electrons. The number of alkyl carbamates (subject to hydrolysis) is 1. The van der Waals surface area contributed by atoms with E-state index >= 15 is 0 Å². The molecule has 2 aliphatic heterocycles. The summed E-state index contributed by atoms with van der Waals surface area (Å²) in [5, 5.41) is 37.6. The number of tetrazole rings is 1. The topological polar surface area (TPSA) is 198 Å². The SMILES string of the molecule is CC(C)(C)OC(=O)N[C@@H]1CCCCC/C=C\[C@@H]2C[C@]2(C(=O)O)NC(=O)[C@@H]2C[C@H](n3nnc(-c4ccc(OCCO)c(Br)c4)n3)CN2C1=O. The van der Waals surface area contributed by atoms with E-state index in [0.29, 0.717) is 34.5 Å². The van der Waals surface area contributed by atoms with E-state index in [2.05, 4.69) is 42.0 Å². The van der Waals surface area contributed by atoms with Crippen molar-refractivity contribution in [2.24, 2.45) is 5.92 Å². The van der Waals surface area contributed by atoms with E-state index in [1.54, 1.807) is 39.0 Å². The number of hydrogen-bond acceptors (Lipinski definition) is 10. The zero-order chi connectivity index (χ0) is 34.6. The summed E-state index contributed by atoms with van der Waals surface area (Å²) in [5.41, 5.74) is -1.61. The highest BCUT2D eigenvalue weighted by Gasteiger charge is 2.61. The molecule has 0 bridgehead atoms. The van der Waals surface area contributed by atoms with Crippen LogP contribution in [-0.4, -0.2) is 102 Å². The molecule has 3 aliphatic rings. The van der Waals surface area contributed by atoms with Crippen molar-refractivity contribution in [1.29, 1.82) is 0 Å². The van der Waals surface area contributed by atoms with Crippen molar-refractivity contribution in [2.75, 3.05) is 19.8 Å². The number of carbonyl (C=O) groups excluding carboxylic acids is 3. The van der Waals surface area contributed by atoms with Gasteiger partial charge in [0, 0.05) is 24.4 Å². The van der Waals surface area contributed by atoms with Crippen LogP contribution in [0, 0.1) is 5.92 Å². The summed E-state index contributed by atoms with van der Waals surface area (Å²) in [6.07, 6.45) is 6.73. The first-order valence-corrected chi connectivity index (χ1v) is 17.0. The molecule has 0 spiro atoms. The van der Waals surface area contributed by atoms with Crippen LogP contribution in [0.4, 0.5) is 4.79 Å². The monoisotopic (exact) mass is 731 g/mol. The van der Waals surface area contributed by atoms with Crippen molar-refractivity contribution in [1.82, 2.24) is 35.7 Å². The van der Waals surface area contributed by atoms with Crippen molar-refractivity contribution in [3.63, 3.8) is 0 Å². The van der Waals surface area contributed by atoms with E-state index in [0.717, 1.165) is 19.3 Å². The van der Waals surface area contributed by atoms with E-state index in [4.69, 9.17) is 14.6 Å². The number of nitrogens with one attached hydrogen (secondary N) is 2. The molecule has 1 saturated heterocycles. The Balaban J connectivity index is 1.42. The lowest BCUT2D eigenvalue weighted by Gasteiger charge is -2.30. The lowest BCUT2D eigenvalue weighted by atomic mass is 10.0. The second kappa shape index (κ2) is 14.6. The fourth-order valence-corrected chi connectivity index (χ4v) is 6.60. The quantitative estimate of drug-likeness (QED) is 0.306. The second-order valence-electron chi connectivity index (χ2n) is 13.4. The first kappa shape index (κ1) is 35.3. The number of hydrogen-bond donors (Lipinski definition) is 4. The normalized spacial score (nSPS) is 27.1. The van der Waals surface area contributed by atoms with Gasteiger partial charge in [-0.2, -0.15) is 4.80 Å². The molecule has 2 aromatic rings. The number of carbonyl (C=O) groups is 4. The maximum atomic E-state index is 14.2. The van der Waals surface area contributed by atoms with Gasteiger partial charge in [0.05, 0.1) is 17.1 Å². The number of carboxylic acid groups (broad SMARTS) is 1. The van der Waals surface area contributed by atoms with Gasteiger partial charge in [-0.1, -0.05) is 25.0 Å². The molecule has 0 radical (unpaired) electrons. The number of aliphatic hydroxyl groups excluding tert-OH is 1. The highest BCUT2D eigenvalue weighted by molar-refractivity contribution is 9.10. The lowest BCUT2D eigenvalue weighted by Crippen LogP contribution is -2.56. The number of aliphatic hydroxyl groups is 1. The van der Waals surface area contributed by atoms with Gasteiger partial charge in [-0.25, -0.2) is 9.59 Å². The van der Waals surface area contributed by atoms with E-state index in [1.807, 2.05) is 12.2 Å². The minimum Gasteiger partial charge on any atom is -0.490 e.